The van der Waals surface area contributed by atoms with E-state index in [0.29, 0.717) is 11.5 Å². The standard InChI is InChI=1S/C23H22O3.C15H14O3/c1-17(24)26-22-15-11-20(12-16-22)23(2,18-7-5-4-6-8-18)19-9-13-21(25-3)14-10-19;1-11(16)18-15-9-5-13(6-10-15)12-3-7-14(17-2)8-4-12/h4-16H,1-3H3;3-10H,1-2H3. The number of methoxy groups -OCH3 is 2. The molecule has 0 saturated heterocycles. The number of esters is 2. The van der Waals surface area contributed by atoms with Crippen LogP contribution in [-0.4, -0.2) is 26.2 Å². The summed E-state index contributed by atoms with van der Waals surface area (Å²) in [4.78, 5) is 22.0. The van der Waals surface area contributed by atoms with Crippen LogP contribution in [-0.2, 0) is 15.0 Å². The lowest BCUT2D eigenvalue weighted by molar-refractivity contribution is -0.132. The summed E-state index contributed by atoms with van der Waals surface area (Å²) in [5, 5.41) is 0. The van der Waals surface area contributed by atoms with Crippen molar-refractivity contribution in [3.05, 3.63) is 144 Å². The van der Waals surface area contributed by atoms with Crippen LogP contribution in [0, 0.1) is 0 Å². The maximum absolute atomic E-state index is 11.2. The topological polar surface area (TPSA) is 71.1 Å². The van der Waals surface area contributed by atoms with Crippen molar-refractivity contribution >= 4 is 11.9 Å². The van der Waals surface area contributed by atoms with Gasteiger partial charge in [-0.3, -0.25) is 9.59 Å². The number of carbonyl (C=O) groups excluding carboxylic acids is 2. The molecule has 44 heavy (non-hydrogen) atoms. The van der Waals surface area contributed by atoms with Gasteiger partial charge in [0.2, 0.25) is 0 Å². The Bertz CT molecular complexity index is 1640. The van der Waals surface area contributed by atoms with Crippen molar-refractivity contribution in [2.24, 2.45) is 0 Å². The van der Waals surface area contributed by atoms with Gasteiger partial charge in [0.15, 0.2) is 0 Å². The van der Waals surface area contributed by atoms with Gasteiger partial charge in [-0.2, -0.15) is 0 Å². The Balaban J connectivity index is 0.000000215. The minimum absolute atomic E-state index is 0.313. The van der Waals surface area contributed by atoms with Crippen molar-refractivity contribution in [1.29, 1.82) is 0 Å². The summed E-state index contributed by atoms with van der Waals surface area (Å²) < 4.78 is 20.6. The highest BCUT2D eigenvalue weighted by atomic mass is 16.5. The Labute approximate surface area is 258 Å². The molecule has 0 saturated carbocycles. The van der Waals surface area contributed by atoms with Crippen LogP contribution >= 0.6 is 0 Å². The molecule has 1 unspecified atom stereocenters. The van der Waals surface area contributed by atoms with Crippen molar-refractivity contribution in [2.75, 3.05) is 14.2 Å². The molecule has 5 rings (SSSR count). The zero-order valence-electron chi connectivity index (χ0n) is 25.6. The van der Waals surface area contributed by atoms with E-state index >= 15 is 0 Å². The maximum Gasteiger partial charge on any atom is 0.308 e. The molecule has 6 nitrogen and oxygen atoms in total. The highest BCUT2D eigenvalue weighted by molar-refractivity contribution is 5.71. The first-order valence-corrected chi connectivity index (χ1v) is 14.1. The molecule has 0 bridgehead atoms. The molecule has 0 heterocycles. The molecule has 0 amide bonds. The number of benzene rings is 5. The molecule has 0 fully saturated rings. The summed E-state index contributed by atoms with van der Waals surface area (Å²) in [6, 6.07) is 41.4. The van der Waals surface area contributed by atoms with E-state index in [9.17, 15) is 9.59 Å². The predicted molar refractivity (Wildman–Crippen MR) is 172 cm³/mol. The average molecular weight is 589 g/mol. The molecular weight excluding hydrogens is 552 g/mol. The Morgan fingerprint density at radius 1 is 0.455 bits per heavy atom. The smallest absolute Gasteiger partial charge is 0.308 e. The van der Waals surface area contributed by atoms with Gasteiger partial charge in [0.25, 0.3) is 0 Å². The van der Waals surface area contributed by atoms with E-state index in [0.717, 1.165) is 33.8 Å². The van der Waals surface area contributed by atoms with E-state index in [-0.39, 0.29) is 17.4 Å². The Hall–Kier alpha value is -5.36. The largest absolute Gasteiger partial charge is 0.497 e. The van der Waals surface area contributed by atoms with E-state index in [1.54, 1.807) is 26.4 Å². The number of rotatable bonds is 8. The number of carbonyl (C=O) groups is 2. The van der Waals surface area contributed by atoms with Crippen LogP contribution in [0.3, 0.4) is 0 Å². The minimum Gasteiger partial charge on any atom is -0.497 e. The van der Waals surface area contributed by atoms with E-state index in [1.807, 2.05) is 91.0 Å². The molecule has 0 spiro atoms. The fourth-order valence-electron chi connectivity index (χ4n) is 4.88. The lowest BCUT2D eigenvalue weighted by atomic mass is 9.71. The second kappa shape index (κ2) is 14.7. The van der Waals surface area contributed by atoms with Gasteiger partial charge in [-0.15, -0.1) is 0 Å². The van der Waals surface area contributed by atoms with Crippen molar-refractivity contribution in [2.45, 2.75) is 26.2 Å². The lowest BCUT2D eigenvalue weighted by Gasteiger charge is -2.32. The molecule has 0 aromatic heterocycles. The highest BCUT2D eigenvalue weighted by Crippen LogP contribution is 2.39. The number of hydrogen-bond donors (Lipinski definition) is 0. The van der Waals surface area contributed by atoms with E-state index in [1.165, 1.54) is 19.4 Å². The molecule has 5 aromatic carbocycles. The molecule has 0 radical (unpaired) electrons. The Morgan fingerprint density at radius 2 is 0.773 bits per heavy atom. The first-order chi connectivity index (χ1) is 21.2. The molecule has 224 valence electrons. The van der Waals surface area contributed by atoms with Gasteiger partial charge in [-0.05, 0) is 83.3 Å². The zero-order valence-corrected chi connectivity index (χ0v) is 25.6. The first-order valence-electron chi connectivity index (χ1n) is 14.1. The summed E-state index contributed by atoms with van der Waals surface area (Å²) in [6.07, 6.45) is 0. The quantitative estimate of drug-likeness (QED) is 0.103. The first kappa shape index (κ1) is 31.6. The van der Waals surface area contributed by atoms with Crippen molar-refractivity contribution in [1.82, 2.24) is 0 Å². The van der Waals surface area contributed by atoms with Crippen LogP contribution in [0.4, 0.5) is 0 Å². The summed E-state index contributed by atoms with van der Waals surface area (Å²) in [6.45, 7) is 4.99. The maximum atomic E-state index is 11.2. The molecule has 0 aliphatic heterocycles. The highest BCUT2D eigenvalue weighted by Gasteiger charge is 2.31. The molecule has 0 aliphatic rings. The van der Waals surface area contributed by atoms with Crippen LogP contribution in [0.5, 0.6) is 23.0 Å². The summed E-state index contributed by atoms with van der Waals surface area (Å²) in [7, 11) is 3.31. The summed E-state index contributed by atoms with van der Waals surface area (Å²) >= 11 is 0. The molecule has 5 aromatic rings. The van der Waals surface area contributed by atoms with Crippen LogP contribution in [0.15, 0.2) is 127 Å². The van der Waals surface area contributed by atoms with Crippen LogP contribution in [0.2, 0.25) is 0 Å². The van der Waals surface area contributed by atoms with Gasteiger partial charge in [0.1, 0.15) is 23.0 Å². The van der Waals surface area contributed by atoms with Gasteiger partial charge in [-0.1, -0.05) is 78.9 Å². The zero-order chi connectivity index (χ0) is 31.5. The lowest BCUT2D eigenvalue weighted by Crippen LogP contribution is -2.25. The third-order valence-electron chi connectivity index (χ3n) is 7.25. The van der Waals surface area contributed by atoms with E-state index in [4.69, 9.17) is 18.9 Å². The minimum atomic E-state index is -0.345. The molecule has 0 aliphatic carbocycles. The number of hydrogen-bond acceptors (Lipinski definition) is 6. The fourth-order valence-corrected chi connectivity index (χ4v) is 4.88. The van der Waals surface area contributed by atoms with Crippen LogP contribution in [0.1, 0.15) is 37.5 Å². The van der Waals surface area contributed by atoms with E-state index < -0.39 is 0 Å². The van der Waals surface area contributed by atoms with Crippen molar-refractivity contribution < 1.29 is 28.5 Å². The van der Waals surface area contributed by atoms with Crippen LogP contribution in [0.25, 0.3) is 11.1 Å². The van der Waals surface area contributed by atoms with Crippen molar-refractivity contribution in [3.63, 3.8) is 0 Å². The molecule has 0 N–H and O–H groups in total. The second-order valence-corrected chi connectivity index (χ2v) is 10.2. The molecular formula is C38H36O6. The predicted octanol–water partition coefficient (Wildman–Crippen LogP) is 8.26. The monoisotopic (exact) mass is 588 g/mol. The summed E-state index contributed by atoms with van der Waals surface area (Å²) in [5.74, 6) is 2.13. The average Bonchev–Trinajstić information content (AvgIpc) is 3.05. The van der Waals surface area contributed by atoms with E-state index in [2.05, 4.69) is 31.2 Å². The SMILES string of the molecule is COc1ccc(-c2ccc(OC(C)=O)cc2)cc1.COc1ccc(C(C)(c2ccccc2)c2ccc(OC(C)=O)cc2)cc1. The van der Waals surface area contributed by atoms with Gasteiger partial charge >= 0.3 is 11.9 Å². The van der Waals surface area contributed by atoms with Crippen molar-refractivity contribution in [3.8, 4) is 34.1 Å². The Morgan fingerprint density at radius 3 is 1.14 bits per heavy atom. The molecule has 1 atom stereocenters. The van der Waals surface area contributed by atoms with Gasteiger partial charge < -0.3 is 18.9 Å². The fraction of sp³-hybridized carbons (Fsp3) is 0.158. The van der Waals surface area contributed by atoms with Crippen LogP contribution < -0.4 is 18.9 Å². The van der Waals surface area contributed by atoms with Gasteiger partial charge in [-0.25, -0.2) is 0 Å². The second-order valence-electron chi connectivity index (χ2n) is 10.2. The van der Waals surface area contributed by atoms with Gasteiger partial charge in [0, 0.05) is 19.3 Å². The third-order valence-corrected chi connectivity index (χ3v) is 7.25. The van der Waals surface area contributed by atoms with Gasteiger partial charge in [0.05, 0.1) is 14.2 Å². The summed E-state index contributed by atoms with van der Waals surface area (Å²) in [5.41, 5.74) is 5.26. The third kappa shape index (κ3) is 7.92. The number of ether oxygens (including phenoxy) is 4. The Kier molecular flexibility index (Phi) is 10.5. The normalized spacial score (nSPS) is 11.7. The molecule has 6 heteroatoms.